The number of hydrogen-bond acceptors (Lipinski definition) is 3. The second kappa shape index (κ2) is 6.85. The summed E-state index contributed by atoms with van der Waals surface area (Å²) in [6, 6.07) is 1.99. The molecule has 1 aromatic rings. The molecule has 2 rings (SSSR count). The average molecular weight is 298 g/mol. The largest absolute Gasteiger partial charge is 0.381 e. The normalized spacial score (nSPS) is 21.3. The molecule has 0 heterocycles. The van der Waals surface area contributed by atoms with Crippen LogP contribution in [0.2, 0.25) is 0 Å². The summed E-state index contributed by atoms with van der Waals surface area (Å²) < 4.78 is 32.9. The number of methoxy groups -OCH3 is 1. The molecule has 0 aliphatic heterocycles. The van der Waals surface area contributed by atoms with Crippen LogP contribution in [0.25, 0.3) is 0 Å². The number of nitrogens with one attached hydrogen (secondary N) is 2. The molecule has 0 aromatic heterocycles. The quantitative estimate of drug-likeness (QED) is 0.879. The lowest BCUT2D eigenvalue weighted by atomic mass is 10.1. The highest BCUT2D eigenvalue weighted by atomic mass is 19.1. The average Bonchev–Trinajstić information content (AvgIpc) is 2.89. The maximum absolute atomic E-state index is 13.8. The van der Waals surface area contributed by atoms with Gasteiger partial charge in [-0.15, -0.1) is 0 Å². The van der Waals surface area contributed by atoms with Gasteiger partial charge in [-0.2, -0.15) is 0 Å². The lowest BCUT2D eigenvalue weighted by Crippen LogP contribution is -2.40. The highest BCUT2D eigenvalue weighted by molar-refractivity contribution is 5.94. The van der Waals surface area contributed by atoms with Gasteiger partial charge in [-0.3, -0.25) is 4.79 Å². The Morgan fingerprint density at radius 2 is 2.00 bits per heavy atom. The van der Waals surface area contributed by atoms with Crippen molar-refractivity contribution in [2.24, 2.45) is 0 Å². The van der Waals surface area contributed by atoms with Gasteiger partial charge in [-0.05, 0) is 38.3 Å². The molecule has 1 fully saturated rings. The van der Waals surface area contributed by atoms with Crippen molar-refractivity contribution in [3.63, 3.8) is 0 Å². The Hall–Kier alpha value is -1.69. The van der Waals surface area contributed by atoms with Crippen LogP contribution in [0.4, 0.5) is 14.5 Å². The van der Waals surface area contributed by atoms with E-state index >= 15 is 0 Å². The minimum absolute atomic E-state index is 0.0200. The summed E-state index contributed by atoms with van der Waals surface area (Å²) in [4.78, 5) is 12.1. The molecule has 0 spiro atoms. The third kappa shape index (κ3) is 3.50. The number of carbonyl (C=O) groups is 1. The van der Waals surface area contributed by atoms with Crippen LogP contribution in [-0.4, -0.2) is 31.7 Å². The molecule has 0 bridgehead atoms. The van der Waals surface area contributed by atoms with Crippen LogP contribution in [0, 0.1) is 11.6 Å². The first-order valence-corrected chi connectivity index (χ1v) is 7.13. The van der Waals surface area contributed by atoms with E-state index in [-0.39, 0.29) is 23.4 Å². The molecule has 1 aliphatic rings. The molecule has 1 amide bonds. The molecule has 2 atom stereocenters. The molecule has 0 saturated heterocycles. The van der Waals surface area contributed by atoms with E-state index in [2.05, 4.69) is 10.6 Å². The summed E-state index contributed by atoms with van der Waals surface area (Å²) >= 11 is 0. The van der Waals surface area contributed by atoms with Crippen LogP contribution in [0.3, 0.4) is 0 Å². The van der Waals surface area contributed by atoms with Crippen LogP contribution in [0.1, 0.15) is 36.5 Å². The minimum Gasteiger partial charge on any atom is -0.381 e. The molecule has 0 radical (unpaired) electrons. The van der Waals surface area contributed by atoms with Crippen LogP contribution in [0.5, 0.6) is 0 Å². The van der Waals surface area contributed by atoms with E-state index in [1.165, 1.54) is 0 Å². The zero-order chi connectivity index (χ0) is 15.4. The van der Waals surface area contributed by atoms with Gasteiger partial charge >= 0.3 is 0 Å². The smallest absolute Gasteiger partial charge is 0.251 e. The van der Waals surface area contributed by atoms with Crippen molar-refractivity contribution in [2.45, 2.75) is 38.3 Å². The first-order chi connectivity index (χ1) is 10.1. The number of rotatable bonds is 5. The fourth-order valence-corrected chi connectivity index (χ4v) is 2.67. The number of anilines is 1. The molecular formula is C15H20F2N2O2. The van der Waals surface area contributed by atoms with Crippen molar-refractivity contribution in [3.05, 3.63) is 29.3 Å². The van der Waals surface area contributed by atoms with Crippen molar-refractivity contribution >= 4 is 11.6 Å². The second-order valence-electron chi connectivity index (χ2n) is 5.13. The van der Waals surface area contributed by atoms with E-state index < -0.39 is 17.5 Å². The summed E-state index contributed by atoms with van der Waals surface area (Å²) in [5.74, 6) is -2.02. The molecule has 116 valence electrons. The van der Waals surface area contributed by atoms with Crippen molar-refractivity contribution in [1.82, 2.24) is 5.32 Å². The lowest BCUT2D eigenvalue weighted by molar-refractivity contribution is 0.0722. The van der Waals surface area contributed by atoms with Crippen LogP contribution in [0.15, 0.2) is 12.1 Å². The third-order valence-corrected chi connectivity index (χ3v) is 3.73. The van der Waals surface area contributed by atoms with Gasteiger partial charge in [0.2, 0.25) is 0 Å². The Kier molecular flexibility index (Phi) is 5.12. The van der Waals surface area contributed by atoms with Gasteiger partial charge < -0.3 is 15.4 Å². The van der Waals surface area contributed by atoms with Gasteiger partial charge in [0.25, 0.3) is 5.91 Å². The highest BCUT2D eigenvalue weighted by Gasteiger charge is 2.29. The second-order valence-corrected chi connectivity index (χ2v) is 5.13. The van der Waals surface area contributed by atoms with Crippen LogP contribution >= 0.6 is 0 Å². The van der Waals surface area contributed by atoms with Gasteiger partial charge in [0.05, 0.1) is 12.1 Å². The first-order valence-electron chi connectivity index (χ1n) is 7.13. The molecule has 1 aromatic carbocycles. The Labute approximate surface area is 122 Å². The molecule has 1 aliphatic carbocycles. The van der Waals surface area contributed by atoms with E-state index in [1.54, 1.807) is 14.0 Å². The Morgan fingerprint density at radius 3 is 2.57 bits per heavy atom. The van der Waals surface area contributed by atoms with E-state index in [4.69, 9.17) is 4.74 Å². The van der Waals surface area contributed by atoms with Gasteiger partial charge in [0.15, 0.2) is 0 Å². The van der Waals surface area contributed by atoms with E-state index in [0.29, 0.717) is 6.54 Å². The summed E-state index contributed by atoms with van der Waals surface area (Å²) in [5.41, 5.74) is -0.224. The van der Waals surface area contributed by atoms with Gasteiger partial charge in [-0.25, -0.2) is 8.78 Å². The van der Waals surface area contributed by atoms with E-state index in [1.807, 2.05) is 0 Å². The fraction of sp³-hybridized carbons (Fsp3) is 0.533. The van der Waals surface area contributed by atoms with E-state index in [9.17, 15) is 13.6 Å². The summed E-state index contributed by atoms with van der Waals surface area (Å²) in [5, 5.41) is 5.38. The standard InChI is InChI=1S/C15H20F2N2O2/c1-3-18-14-10(16)7-9(8-11(14)17)15(20)19-12-5-4-6-13(12)21-2/h7-8,12-13,18H,3-6H2,1-2H3,(H,19,20). The fourth-order valence-electron chi connectivity index (χ4n) is 2.67. The predicted octanol–water partition coefficient (Wildman–Crippen LogP) is 2.69. The molecule has 2 unspecified atom stereocenters. The van der Waals surface area contributed by atoms with Gasteiger partial charge in [0.1, 0.15) is 17.3 Å². The van der Waals surface area contributed by atoms with Crippen molar-refractivity contribution in [3.8, 4) is 0 Å². The van der Waals surface area contributed by atoms with Crippen LogP contribution in [-0.2, 0) is 4.74 Å². The Bertz CT molecular complexity index is 499. The molecule has 1 saturated carbocycles. The van der Waals surface area contributed by atoms with Crippen LogP contribution < -0.4 is 10.6 Å². The maximum atomic E-state index is 13.8. The zero-order valence-corrected chi connectivity index (χ0v) is 12.2. The molecular weight excluding hydrogens is 278 g/mol. The predicted molar refractivity (Wildman–Crippen MR) is 76.4 cm³/mol. The molecule has 21 heavy (non-hydrogen) atoms. The number of benzene rings is 1. The Morgan fingerprint density at radius 1 is 1.33 bits per heavy atom. The summed E-state index contributed by atoms with van der Waals surface area (Å²) in [6.45, 7) is 2.14. The number of ether oxygens (including phenoxy) is 1. The first kappa shape index (κ1) is 15.7. The van der Waals surface area contributed by atoms with Gasteiger partial charge in [-0.1, -0.05) is 0 Å². The monoisotopic (exact) mass is 298 g/mol. The third-order valence-electron chi connectivity index (χ3n) is 3.73. The number of carbonyl (C=O) groups excluding carboxylic acids is 1. The highest BCUT2D eigenvalue weighted by Crippen LogP contribution is 2.23. The molecule has 2 N–H and O–H groups in total. The summed E-state index contributed by atoms with van der Waals surface area (Å²) in [7, 11) is 1.60. The Balaban J connectivity index is 2.12. The van der Waals surface area contributed by atoms with Crippen molar-refractivity contribution < 1.29 is 18.3 Å². The number of hydrogen-bond donors (Lipinski definition) is 2. The lowest BCUT2D eigenvalue weighted by Gasteiger charge is -2.19. The van der Waals surface area contributed by atoms with E-state index in [0.717, 1.165) is 31.4 Å². The molecule has 4 nitrogen and oxygen atoms in total. The number of halogens is 2. The SMILES string of the molecule is CCNc1c(F)cc(C(=O)NC2CCCC2OC)cc1F. The van der Waals surface area contributed by atoms with Gasteiger partial charge in [0, 0.05) is 19.2 Å². The van der Waals surface area contributed by atoms with Crippen molar-refractivity contribution in [2.75, 3.05) is 19.0 Å². The topological polar surface area (TPSA) is 50.4 Å². The van der Waals surface area contributed by atoms with Crippen molar-refractivity contribution in [1.29, 1.82) is 0 Å². The minimum atomic E-state index is -0.767. The maximum Gasteiger partial charge on any atom is 0.251 e. The molecule has 6 heteroatoms. The number of amides is 1. The zero-order valence-electron chi connectivity index (χ0n) is 12.2. The summed E-state index contributed by atoms with van der Waals surface area (Å²) in [6.07, 6.45) is 2.62.